The van der Waals surface area contributed by atoms with Gasteiger partial charge in [-0.2, -0.15) is 0 Å². The molecular weight excluding hydrogens is 227 g/mol. The highest BCUT2D eigenvalue weighted by atomic mass is 79.9. The van der Waals surface area contributed by atoms with E-state index in [1.165, 1.54) is 0 Å². The first-order valence-electron chi connectivity index (χ1n) is 3.11. The summed E-state index contributed by atoms with van der Waals surface area (Å²) in [6, 6.07) is 7.21. The number of carbonyl (C=O) groups is 1. The van der Waals surface area contributed by atoms with Gasteiger partial charge in [-0.25, -0.2) is 0 Å². The van der Waals surface area contributed by atoms with Gasteiger partial charge in [0.15, 0.2) is 0 Å². The predicted molar refractivity (Wildman–Crippen MR) is 49.1 cm³/mol. The van der Waals surface area contributed by atoms with Crippen molar-refractivity contribution in [1.29, 1.82) is 0 Å². The third-order valence-electron chi connectivity index (χ3n) is 1.26. The summed E-state index contributed by atoms with van der Waals surface area (Å²) >= 11 is 8.51. The number of rotatable bonds is 2. The fourth-order valence-corrected chi connectivity index (χ4v) is 1.21. The van der Waals surface area contributed by atoms with Gasteiger partial charge in [0.25, 0.3) is 0 Å². The molecule has 1 rings (SSSR count). The first-order chi connectivity index (χ1) is 5.18. The van der Waals surface area contributed by atoms with E-state index in [0.717, 1.165) is 5.56 Å². The molecule has 0 saturated heterocycles. The third kappa shape index (κ3) is 3.04. The molecule has 0 N–H and O–H groups in total. The van der Waals surface area contributed by atoms with Crippen LogP contribution in [0.2, 0.25) is 5.02 Å². The van der Waals surface area contributed by atoms with Crippen LogP contribution in [-0.4, -0.2) is 4.69 Å². The van der Waals surface area contributed by atoms with Crippen LogP contribution in [0.1, 0.15) is 5.56 Å². The van der Waals surface area contributed by atoms with E-state index in [0.29, 0.717) is 11.4 Å². The highest BCUT2D eigenvalue weighted by Crippen LogP contribution is 2.10. The Hall–Kier alpha value is -0.340. The summed E-state index contributed by atoms with van der Waals surface area (Å²) in [6.45, 7) is 0. The highest BCUT2D eigenvalue weighted by molar-refractivity contribution is 9.18. The number of benzene rings is 1. The van der Waals surface area contributed by atoms with Crippen LogP contribution in [0.15, 0.2) is 24.3 Å². The zero-order chi connectivity index (χ0) is 8.27. The molecule has 3 heteroatoms. The second-order valence-corrected chi connectivity index (χ2v) is 3.48. The van der Waals surface area contributed by atoms with Crippen molar-refractivity contribution < 1.29 is 4.79 Å². The minimum Gasteiger partial charge on any atom is -0.286 e. The van der Waals surface area contributed by atoms with E-state index in [-0.39, 0.29) is 4.69 Å². The van der Waals surface area contributed by atoms with Gasteiger partial charge in [-0.3, -0.25) is 4.79 Å². The van der Waals surface area contributed by atoms with Crippen molar-refractivity contribution in [3.63, 3.8) is 0 Å². The Morgan fingerprint density at radius 3 is 2.36 bits per heavy atom. The molecular formula is C8H6BrClO. The van der Waals surface area contributed by atoms with Gasteiger partial charge in [0.1, 0.15) is 0 Å². The third-order valence-corrected chi connectivity index (χ3v) is 1.79. The fraction of sp³-hybridized carbons (Fsp3) is 0.125. The van der Waals surface area contributed by atoms with Crippen LogP contribution in [-0.2, 0) is 11.2 Å². The maximum atomic E-state index is 10.6. The second kappa shape index (κ2) is 3.88. The fourth-order valence-electron chi connectivity index (χ4n) is 0.763. The van der Waals surface area contributed by atoms with Crippen LogP contribution in [0.5, 0.6) is 0 Å². The lowest BCUT2D eigenvalue weighted by Crippen LogP contribution is -1.91. The van der Waals surface area contributed by atoms with Crippen LogP contribution < -0.4 is 0 Å². The maximum Gasteiger partial charge on any atom is 0.202 e. The van der Waals surface area contributed by atoms with E-state index < -0.39 is 0 Å². The minimum absolute atomic E-state index is 0.0141. The van der Waals surface area contributed by atoms with Crippen LogP contribution in [0.3, 0.4) is 0 Å². The van der Waals surface area contributed by atoms with Gasteiger partial charge >= 0.3 is 0 Å². The molecule has 1 nitrogen and oxygen atoms in total. The molecule has 0 atom stereocenters. The zero-order valence-corrected chi connectivity index (χ0v) is 8.02. The van der Waals surface area contributed by atoms with E-state index in [2.05, 4.69) is 15.9 Å². The Bertz CT molecular complexity index is 255. The molecule has 0 saturated carbocycles. The molecule has 0 unspecified atom stereocenters. The van der Waals surface area contributed by atoms with Gasteiger partial charge in [0.05, 0.1) is 0 Å². The molecule has 0 heterocycles. The Kier molecular flexibility index (Phi) is 3.09. The summed E-state index contributed by atoms with van der Waals surface area (Å²) < 4.78 is -0.0141. The number of hydrogen-bond acceptors (Lipinski definition) is 1. The first kappa shape index (κ1) is 8.75. The number of hydrogen-bond donors (Lipinski definition) is 0. The quantitative estimate of drug-likeness (QED) is 0.718. The van der Waals surface area contributed by atoms with E-state index >= 15 is 0 Å². The Morgan fingerprint density at radius 1 is 1.36 bits per heavy atom. The smallest absolute Gasteiger partial charge is 0.202 e. The predicted octanol–water partition coefficient (Wildman–Crippen LogP) is 2.80. The van der Waals surface area contributed by atoms with E-state index in [4.69, 9.17) is 11.6 Å². The van der Waals surface area contributed by atoms with Crippen molar-refractivity contribution >= 4 is 32.2 Å². The SMILES string of the molecule is O=C(Br)Cc1ccc(Cl)cc1. The summed E-state index contributed by atoms with van der Waals surface area (Å²) in [6.07, 6.45) is 0.414. The lowest BCUT2D eigenvalue weighted by Gasteiger charge is -1.95. The molecule has 1 aromatic rings. The topological polar surface area (TPSA) is 17.1 Å². The van der Waals surface area contributed by atoms with Crippen molar-refractivity contribution in [2.75, 3.05) is 0 Å². The standard InChI is InChI=1S/C8H6BrClO/c9-8(11)5-6-1-3-7(10)4-2-6/h1-4H,5H2. The molecule has 58 valence electrons. The molecule has 0 radical (unpaired) electrons. The van der Waals surface area contributed by atoms with Crippen molar-refractivity contribution in [3.8, 4) is 0 Å². The van der Waals surface area contributed by atoms with Gasteiger partial charge in [-0.15, -0.1) is 0 Å². The summed E-state index contributed by atoms with van der Waals surface area (Å²) in [5, 5.41) is 0.691. The Labute approximate surface area is 78.5 Å². The first-order valence-corrected chi connectivity index (χ1v) is 4.28. The molecule has 0 aliphatic carbocycles. The zero-order valence-electron chi connectivity index (χ0n) is 5.68. The monoisotopic (exact) mass is 232 g/mol. The van der Waals surface area contributed by atoms with E-state index in [1.54, 1.807) is 12.1 Å². The van der Waals surface area contributed by atoms with Crippen LogP contribution in [0.4, 0.5) is 0 Å². The summed E-state index contributed by atoms with van der Waals surface area (Å²) in [5.74, 6) is 0. The molecule has 0 bridgehead atoms. The van der Waals surface area contributed by atoms with Crippen LogP contribution in [0.25, 0.3) is 0 Å². The van der Waals surface area contributed by atoms with E-state index in [9.17, 15) is 4.79 Å². The number of halogens is 2. The molecule has 1 aromatic carbocycles. The minimum atomic E-state index is -0.0141. The van der Waals surface area contributed by atoms with E-state index in [1.807, 2.05) is 12.1 Å². The maximum absolute atomic E-state index is 10.6. The summed E-state index contributed by atoms with van der Waals surface area (Å²) in [7, 11) is 0. The summed E-state index contributed by atoms with van der Waals surface area (Å²) in [4.78, 5) is 10.6. The molecule has 0 spiro atoms. The largest absolute Gasteiger partial charge is 0.286 e. The van der Waals surface area contributed by atoms with Gasteiger partial charge in [-0.05, 0) is 33.6 Å². The molecule has 0 aromatic heterocycles. The lowest BCUT2D eigenvalue weighted by molar-refractivity contribution is -0.109. The average molecular weight is 233 g/mol. The molecule has 0 amide bonds. The normalized spacial score (nSPS) is 9.64. The lowest BCUT2D eigenvalue weighted by atomic mass is 10.2. The van der Waals surface area contributed by atoms with Crippen molar-refractivity contribution in [3.05, 3.63) is 34.9 Å². The van der Waals surface area contributed by atoms with Gasteiger partial charge in [-0.1, -0.05) is 23.7 Å². The van der Waals surface area contributed by atoms with Crippen molar-refractivity contribution in [1.82, 2.24) is 0 Å². The highest BCUT2D eigenvalue weighted by Gasteiger charge is 1.97. The Balaban J connectivity index is 2.74. The van der Waals surface area contributed by atoms with Gasteiger partial charge < -0.3 is 0 Å². The van der Waals surface area contributed by atoms with Gasteiger partial charge in [0, 0.05) is 11.4 Å². The summed E-state index contributed by atoms with van der Waals surface area (Å²) in [5.41, 5.74) is 0.969. The van der Waals surface area contributed by atoms with Crippen LogP contribution in [0, 0.1) is 0 Å². The average Bonchev–Trinajstić information content (AvgIpc) is 1.93. The van der Waals surface area contributed by atoms with Crippen LogP contribution >= 0.6 is 27.5 Å². The second-order valence-electron chi connectivity index (χ2n) is 2.16. The molecule has 0 aliphatic heterocycles. The number of carbonyl (C=O) groups excluding carboxylic acids is 1. The van der Waals surface area contributed by atoms with Crippen molar-refractivity contribution in [2.45, 2.75) is 6.42 Å². The molecule has 0 fully saturated rings. The van der Waals surface area contributed by atoms with Gasteiger partial charge in [0.2, 0.25) is 4.69 Å². The van der Waals surface area contributed by atoms with Crippen molar-refractivity contribution in [2.24, 2.45) is 0 Å². The molecule has 0 aliphatic rings. The Morgan fingerprint density at radius 2 is 1.91 bits per heavy atom. The molecule has 11 heavy (non-hydrogen) atoms.